The van der Waals surface area contributed by atoms with Gasteiger partial charge in [0.2, 0.25) is 5.91 Å². The summed E-state index contributed by atoms with van der Waals surface area (Å²) in [4.78, 5) is 17.8. The highest BCUT2D eigenvalue weighted by Crippen LogP contribution is 2.43. The monoisotopic (exact) mass is 422 g/mol. The third-order valence-electron chi connectivity index (χ3n) is 6.77. The van der Waals surface area contributed by atoms with Crippen molar-refractivity contribution >= 4 is 11.6 Å². The van der Waals surface area contributed by atoms with Crippen LogP contribution in [0.4, 0.5) is 5.69 Å². The van der Waals surface area contributed by atoms with Gasteiger partial charge in [-0.2, -0.15) is 0 Å². The molecule has 0 aromatic heterocycles. The fourth-order valence-electron chi connectivity index (χ4n) is 5.25. The molecule has 166 valence electrons. The normalized spacial score (nSPS) is 22.2. The molecule has 5 rings (SSSR count). The molecule has 0 aliphatic carbocycles. The van der Waals surface area contributed by atoms with Crippen molar-refractivity contribution in [2.24, 2.45) is 11.3 Å². The Labute approximate surface area is 185 Å². The van der Waals surface area contributed by atoms with Gasteiger partial charge in [0, 0.05) is 25.3 Å². The van der Waals surface area contributed by atoms with Gasteiger partial charge in [-0.15, -0.1) is 0 Å². The Morgan fingerprint density at radius 2 is 1.68 bits per heavy atom. The van der Waals surface area contributed by atoms with E-state index in [4.69, 9.17) is 9.47 Å². The van der Waals surface area contributed by atoms with E-state index < -0.39 is 0 Å². The molecule has 5 nitrogen and oxygen atoms in total. The molecule has 3 aliphatic rings. The standard InChI is InChI=1S/C26H34N2O3/c1-5-31-23-12-8-21(9-13-23)28-17-20-15-26(2,3)24(28)18-27(16-20)25(29)14-19-6-10-22(30-4)11-7-19/h6-13,20,24H,5,14-18H2,1-4H3. The van der Waals surface area contributed by atoms with Gasteiger partial charge in [0.1, 0.15) is 11.5 Å². The second-order valence-electron chi connectivity index (χ2n) is 9.48. The molecular formula is C26H34N2O3. The number of benzene rings is 2. The molecule has 2 atom stereocenters. The van der Waals surface area contributed by atoms with E-state index in [0.717, 1.165) is 43.1 Å². The number of amides is 1. The molecule has 0 N–H and O–H groups in total. The first-order valence-corrected chi connectivity index (χ1v) is 11.3. The Bertz CT molecular complexity index is 892. The number of hydrogen-bond acceptors (Lipinski definition) is 4. The van der Waals surface area contributed by atoms with Gasteiger partial charge in [-0.05, 0) is 66.6 Å². The van der Waals surface area contributed by atoms with E-state index in [0.29, 0.717) is 25.0 Å². The lowest BCUT2D eigenvalue weighted by Gasteiger charge is -2.48. The first-order chi connectivity index (χ1) is 14.9. The number of rotatable bonds is 6. The van der Waals surface area contributed by atoms with Gasteiger partial charge < -0.3 is 19.3 Å². The number of methoxy groups -OCH3 is 1. The Morgan fingerprint density at radius 1 is 1.00 bits per heavy atom. The largest absolute Gasteiger partial charge is 0.497 e. The number of carbonyl (C=O) groups excluding carboxylic acids is 1. The summed E-state index contributed by atoms with van der Waals surface area (Å²) in [6.07, 6.45) is 1.59. The maximum atomic E-state index is 13.2. The Hall–Kier alpha value is -2.69. The molecule has 3 saturated heterocycles. The summed E-state index contributed by atoms with van der Waals surface area (Å²) in [7, 11) is 1.66. The smallest absolute Gasteiger partial charge is 0.227 e. The fourth-order valence-corrected chi connectivity index (χ4v) is 5.25. The lowest BCUT2D eigenvalue weighted by atomic mass is 9.73. The van der Waals surface area contributed by atoms with Crippen LogP contribution in [-0.2, 0) is 11.2 Å². The van der Waals surface area contributed by atoms with Crippen molar-refractivity contribution in [3.8, 4) is 11.5 Å². The number of anilines is 1. The molecule has 2 aromatic rings. The van der Waals surface area contributed by atoms with Crippen LogP contribution in [0.15, 0.2) is 48.5 Å². The molecule has 0 spiro atoms. The highest BCUT2D eigenvalue weighted by atomic mass is 16.5. The first kappa shape index (κ1) is 21.5. The second kappa shape index (κ2) is 8.81. The van der Waals surface area contributed by atoms with Crippen LogP contribution in [0.2, 0.25) is 0 Å². The van der Waals surface area contributed by atoms with Crippen LogP contribution in [0, 0.1) is 11.3 Å². The number of ether oxygens (including phenoxy) is 2. The summed E-state index contributed by atoms with van der Waals surface area (Å²) in [6, 6.07) is 16.5. The van der Waals surface area contributed by atoms with Crippen molar-refractivity contribution in [1.82, 2.24) is 4.90 Å². The first-order valence-electron chi connectivity index (χ1n) is 11.3. The summed E-state index contributed by atoms with van der Waals surface area (Å²) in [5.74, 6) is 2.41. The average molecular weight is 423 g/mol. The van der Waals surface area contributed by atoms with Crippen molar-refractivity contribution in [2.75, 3.05) is 38.3 Å². The van der Waals surface area contributed by atoms with E-state index in [1.165, 1.54) is 5.69 Å². The lowest BCUT2D eigenvalue weighted by Crippen LogP contribution is -2.54. The molecular weight excluding hydrogens is 388 g/mol. The van der Waals surface area contributed by atoms with Crippen LogP contribution in [-0.4, -0.2) is 50.2 Å². The van der Waals surface area contributed by atoms with Gasteiger partial charge in [-0.25, -0.2) is 0 Å². The van der Waals surface area contributed by atoms with E-state index in [1.807, 2.05) is 31.2 Å². The van der Waals surface area contributed by atoms with E-state index >= 15 is 0 Å². The highest BCUT2D eigenvalue weighted by molar-refractivity contribution is 5.79. The maximum Gasteiger partial charge on any atom is 0.227 e. The van der Waals surface area contributed by atoms with Gasteiger partial charge in [0.25, 0.3) is 0 Å². The zero-order valence-corrected chi connectivity index (χ0v) is 19.1. The van der Waals surface area contributed by atoms with Gasteiger partial charge in [-0.1, -0.05) is 26.0 Å². The van der Waals surface area contributed by atoms with Gasteiger partial charge in [-0.3, -0.25) is 4.79 Å². The van der Waals surface area contributed by atoms with Gasteiger partial charge in [0.15, 0.2) is 0 Å². The lowest BCUT2D eigenvalue weighted by molar-refractivity contribution is -0.130. The summed E-state index contributed by atoms with van der Waals surface area (Å²) in [6.45, 7) is 9.97. The summed E-state index contributed by atoms with van der Waals surface area (Å²) in [5.41, 5.74) is 2.40. The van der Waals surface area contributed by atoms with Crippen molar-refractivity contribution < 1.29 is 14.3 Å². The molecule has 3 heterocycles. The molecule has 31 heavy (non-hydrogen) atoms. The van der Waals surface area contributed by atoms with Crippen molar-refractivity contribution in [1.29, 1.82) is 0 Å². The second-order valence-corrected chi connectivity index (χ2v) is 9.48. The molecule has 3 fully saturated rings. The molecule has 3 aliphatic heterocycles. The quantitative estimate of drug-likeness (QED) is 0.692. The molecule has 1 amide bonds. The molecule has 2 aromatic carbocycles. The SMILES string of the molecule is CCOc1ccc(N2CC3CN(C(=O)Cc4ccc(OC)cc4)CC2C(C)(C)C3)cc1. The molecule has 2 bridgehead atoms. The number of carbonyl (C=O) groups is 1. The number of hydrogen-bond donors (Lipinski definition) is 0. The topological polar surface area (TPSA) is 42.0 Å². The van der Waals surface area contributed by atoms with E-state index in [2.05, 4.69) is 47.9 Å². The van der Waals surface area contributed by atoms with Crippen LogP contribution in [0.1, 0.15) is 32.8 Å². The number of nitrogens with zero attached hydrogens (tertiary/aromatic N) is 2. The van der Waals surface area contributed by atoms with Crippen LogP contribution in [0.3, 0.4) is 0 Å². The Balaban J connectivity index is 1.51. The fraction of sp³-hybridized carbons (Fsp3) is 0.500. The number of piperidine rings is 1. The summed E-state index contributed by atoms with van der Waals surface area (Å²) in [5, 5.41) is 0. The minimum absolute atomic E-state index is 0.149. The van der Waals surface area contributed by atoms with E-state index in [9.17, 15) is 4.79 Å². The molecule has 0 radical (unpaired) electrons. The average Bonchev–Trinajstić information content (AvgIpc) is 3.02. The van der Waals surface area contributed by atoms with Crippen molar-refractivity contribution in [3.63, 3.8) is 0 Å². The summed E-state index contributed by atoms with van der Waals surface area (Å²) < 4.78 is 10.8. The zero-order chi connectivity index (χ0) is 22.0. The zero-order valence-electron chi connectivity index (χ0n) is 19.1. The van der Waals surface area contributed by atoms with Crippen LogP contribution < -0.4 is 14.4 Å². The third-order valence-corrected chi connectivity index (χ3v) is 6.77. The van der Waals surface area contributed by atoms with Crippen molar-refractivity contribution in [2.45, 2.75) is 39.7 Å². The predicted octanol–water partition coefficient (Wildman–Crippen LogP) is 4.40. The molecule has 2 unspecified atom stereocenters. The van der Waals surface area contributed by atoms with Crippen LogP contribution >= 0.6 is 0 Å². The highest BCUT2D eigenvalue weighted by Gasteiger charge is 2.46. The summed E-state index contributed by atoms with van der Waals surface area (Å²) >= 11 is 0. The van der Waals surface area contributed by atoms with Crippen molar-refractivity contribution in [3.05, 3.63) is 54.1 Å². The van der Waals surface area contributed by atoms with Crippen LogP contribution in [0.25, 0.3) is 0 Å². The Kier molecular flexibility index (Phi) is 6.12. The van der Waals surface area contributed by atoms with Gasteiger partial charge in [0.05, 0.1) is 26.2 Å². The number of fused-ring (bicyclic) bond motifs is 4. The third kappa shape index (κ3) is 4.65. The van der Waals surface area contributed by atoms with E-state index in [-0.39, 0.29) is 11.3 Å². The minimum Gasteiger partial charge on any atom is -0.497 e. The predicted molar refractivity (Wildman–Crippen MR) is 124 cm³/mol. The maximum absolute atomic E-state index is 13.2. The molecule has 0 saturated carbocycles. The van der Waals surface area contributed by atoms with Crippen LogP contribution in [0.5, 0.6) is 11.5 Å². The Morgan fingerprint density at radius 3 is 2.32 bits per heavy atom. The van der Waals surface area contributed by atoms with E-state index in [1.54, 1.807) is 7.11 Å². The van der Waals surface area contributed by atoms with Gasteiger partial charge >= 0.3 is 0 Å². The minimum atomic E-state index is 0.149. The molecule has 5 heteroatoms.